The van der Waals surface area contributed by atoms with Gasteiger partial charge in [0.15, 0.2) is 22.9 Å². The molecule has 1 aromatic heterocycles. The summed E-state index contributed by atoms with van der Waals surface area (Å²) in [5.41, 5.74) is 2.22. The number of aryl methyl sites for hydroxylation is 1. The molecule has 0 atom stereocenters. The summed E-state index contributed by atoms with van der Waals surface area (Å²) in [7, 11) is 1.52. The molecule has 0 amide bonds. The molecule has 0 unspecified atom stereocenters. The monoisotopic (exact) mass is 561 g/mol. The maximum atomic E-state index is 13.4. The number of benzene rings is 2. The molecule has 9 nitrogen and oxygen atoms in total. The van der Waals surface area contributed by atoms with Crippen molar-refractivity contribution in [2.45, 2.75) is 31.3 Å². The molecule has 0 saturated carbocycles. The van der Waals surface area contributed by atoms with Gasteiger partial charge in [0, 0.05) is 23.3 Å². The van der Waals surface area contributed by atoms with E-state index in [0.717, 1.165) is 30.5 Å². The lowest BCUT2D eigenvalue weighted by molar-refractivity contribution is 0.248. The first-order valence-corrected chi connectivity index (χ1v) is 14.1. The Morgan fingerprint density at radius 1 is 1.16 bits per heavy atom. The summed E-state index contributed by atoms with van der Waals surface area (Å²) in [6, 6.07) is 10.2. The van der Waals surface area contributed by atoms with Crippen molar-refractivity contribution in [2.24, 2.45) is 0 Å². The van der Waals surface area contributed by atoms with Crippen LogP contribution in [0.25, 0.3) is 0 Å². The van der Waals surface area contributed by atoms with Crippen molar-refractivity contribution >= 4 is 27.3 Å². The van der Waals surface area contributed by atoms with Gasteiger partial charge in [-0.2, -0.15) is 0 Å². The fraction of sp³-hybridized carbons (Fsp3) is 0.370. The van der Waals surface area contributed by atoms with E-state index in [0.29, 0.717) is 41.0 Å². The van der Waals surface area contributed by atoms with Crippen molar-refractivity contribution in [3.63, 3.8) is 0 Å². The number of anilines is 1. The molecule has 3 aromatic rings. The van der Waals surface area contributed by atoms with E-state index in [1.165, 1.54) is 6.07 Å². The minimum Gasteiger partial charge on any atom is -0.493 e. The topological polar surface area (TPSA) is 99.2 Å². The number of nitrogens with zero attached hydrogens (tertiary/aromatic N) is 2. The molecule has 0 spiro atoms. The largest absolute Gasteiger partial charge is 0.493 e. The molecule has 1 N–H and O–H groups in total. The van der Waals surface area contributed by atoms with Crippen LogP contribution in [0.4, 0.5) is 5.69 Å². The van der Waals surface area contributed by atoms with Crippen molar-refractivity contribution in [1.82, 2.24) is 9.88 Å². The number of hydrogen-bond donors (Lipinski definition) is 1. The van der Waals surface area contributed by atoms with Crippen LogP contribution in [0, 0.1) is 6.92 Å². The Morgan fingerprint density at radius 3 is 2.74 bits per heavy atom. The van der Waals surface area contributed by atoms with Crippen LogP contribution in [0.3, 0.4) is 0 Å². The van der Waals surface area contributed by atoms with Crippen molar-refractivity contribution in [3.05, 3.63) is 64.3 Å². The zero-order chi connectivity index (χ0) is 27.3. The molecule has 2 heterocycles. The lowest BCUT2D eigenvalue weighted by Crippen LogP contribution is -2.19. The van der Waals surface area contributed by atoms with Gasteiger partial charge in [0.05, 0.1) is 18.6 Å². The fourth-order valence-electron chi connectivity index (χ4n) is 3.98. The van der Waals surface area contributed by atoms with Gasteiger partial charge in [0.1, 0.15) is 13.2 Å². The van der Waals surface area contributed by atoms with Gasteiger partial charge in [-0.05, 0) is 69.3 Å². The number of pyridine rings is 1. The predicted octanol–water partition coefficient (Wildman–Crippen LogP) is 4.70. The number of aromatic nitrogens is 1. The Balaban J connectivity index is 1.62. The highest BCUT2D eigenvalue weighted by molar-refractivity contribution is 7.92. The third-order valence-electron chi connectivity index (χ3n) is 6.05. The lowest BCUT2D eigenvalue weighted by Gasteiger charge is -2.23. The van der Waals surface area contributed by atoms with E-state index >= 15 is 0 Å². The quantitative estimate of drug-likeness (QED) is 0.360. The number of fused-ring (bicyclic) bond motifs is 1. The number of halogens is 1. The summed E-state index contributed by atoms with van der Waals surface area (Å²) in [5, 5.41) is 0.358. The second-order valence-electron chi connectivity index (χ2n) is 9.14. The highest BCUT2D eigenvalue weighted by Crippen LogP contribution is 2.41. The summed E-state index contributed by atoms with van der Waals surface area (Å²) in [6.07, 6.45) is 3.20. The van der Waals surface area contributed by atoms with Crippen LogP contribution in [0.2, 0.25) is 5.02 Å². The van der Waals surface area contributed by atoms with Crippen LogP contribution >= 0.6 is 11.6 Å². The molecule has 1 aliphatic rings. The molecule has 0 bridgehead atoms. The van der Waals surface area contributed by atoms with E-state index in [1.807, 2.05) is 31.1 Å². The van der Waals surface area contributed by atoms with Gasteiger partial charge in [0.2, 0.25) is 5.88 Å². The Hall–Kier alpha value is -3.21. The summed E-state index contributed by atoms with van der Waals surface area (Å²) >= 11 is 6.19. The van der Waals surface area contributed by atoms with Gasteiger partial charge < -0.3 is 23.8 Å². The Bertz CT molecular complexity index is 1400. The van der Waals surface area contributed by atoms with Gasteiger partial charge in [-0.15, -0.1) is 0 Å². The maximum absolute atomic E-state index is 13.4. The number of hydrogen-bond acceptors (Lipinski definition) is 8. The number of nitrogens with one attached hydrogen (secondary N) is 1. The zero-order valence-electron chi connectivity index (χ0n) is 21.9. The first-order valence-electron chi connectivity index (χ1n) is 12.2. The van der Waals surface area contributed by atoms with Gasteiger partial charge in [-0.3, -0.25) is 4.72 Å². The van der Waals surface area contributed by atoms with E-state index < -0.39 is 10.0 Å². The fourth-order valence-corrected chi connectivity index (χ4v) is 5.54. The Morgan fingerprint density at radius 2 is 1.97 bits per heavy atom. The molecule has 0 aliphatic carbocycles. The Kier molecular flexibility index (Phi) is 8.86. The van der Waals surface area contributed by atoms with Gasteiger partial charge >= 0.3 is 0 Å². The van der Waals surface area contributed by atoms with E-state index in [4.69, 9.17) is 30.5 Å². The van der Waals surface area contributed by atoms with Crippen molar-refractivity contribution < 1.29 is 27.4 Å². The molecule has 11 heteroatoms. The second-order valence-corrected chi connectivity index (χ2v) is 11.2. The number of rotatable bonds is 11. The first kappa shape index (κ1) is 27.8. The average molecular weight is 562 g/mol. The van der Waals surface area contributed by atoms with E-state index in [2.05, 4.69) is 9.71 Å². The van der Waals surface area contributed by atoms with Gasteiger partial charge in [-0.1, -0.05) is 23.7 Å². The van der Waals surface area contributed by atoms with Gasteiger partial charge in [-0.25, -0.2) is 13.4 Å². The second kappa shape index (κ2) is 12.1. The highest BCUT2D eigenvalue weighted by Gasteiger charge is 2.27. The maximum Gasteiger partial charge on any atom is 0.262 e. The molecule has 204 valence electrons. The lowest BCUT2D eigenvalue weighted by atomic mass is 10.1. The highest BCUT2D eigenvalue weighted by atomic mass is 35.5. The van der Waals surface area contributed by atoms with Gasteiger partial charge in [0.25, 0.3) is 10.0 Å². The van der Waals surface area contributed by atoms with E-state index in [1.54, 1.807) is 38.4 Å². The SMILES string of the molecule is COc1ccc(COc2ncc3c(c2NS(=O)(=O)c2cccc(Cl)c2C)OCCC3)cc1OCCN(C)C. The van der Waals surface area contributed by atoms with Crippen molar-refractivity contribution in [3.8, 4) is 23.1 Å². The molecule has 1 aliphatic heterocycles. The first-order chi connectivity index (χ1) is 18.2. The summed E-state index contributed by atoms with van der Waals surface area (Å²) in [4.78, 5) is 6.53. The summed E-state index contributed by atoms with van der Waals surface area (Å²) in [6.45, 7) is 3.48. The zero-order valence-corrected chi connectivity index (χ0v) is 23.5. The van der Waals surface area contributed by atoms with Crippen LogP contribution in [0.15, 0.2) is 47.5 Å². The third-order valence-corrected chi connectivity index (χ3v) is 7.95. The molecule has 4 rings (SSSR count). The molecule has 0 radical (unpaired) electrons. The molecular weight excluding hydrogens is 530 g/mol. The van der Waals surface area contributed by atoms with Crippen LogP contribution in [-0.2, 0) is 23.1 Å². The number of sulfonamides is 1. The Labute approximate surface area is 228 Å². The molecule has 0 saturated heterocycles. The van der Waals surface area contributed by atoms with Crippen molar-refractivity contribution in [1.29, 1.82) is 0 Å². The number of ether oxygens (including phenoxy) is 4. The van der Waals surface area contributed by atoms with Crippen LogP contribution in [0.5, 0.6) is 23.1 Å². The molecule has 38 heavy (non-hydrogen) atoms. The predicted molar refractivity (Wildman–Crippen MR) is 146 cm³/mol. The van der Waals surface area contributed by atoms with E-state index in [-0.39, 0.29) is 23.1 Å². The molecular formula is C27H32ClN3O6S. The van der Waals surface area contributed by atoms with Crippen molar-refractivity contribution in [2.75, 3.05) is 45.7 Å². The van der Waals surface area contributed by atoms with Crippen LogP contribution in [-0.4, -0.2) is 59.3 Å². The normalized spacial score (nSPS) is 13.0. The molecule has 2 aromatic carbocycles. The summed E-state index contributed by atoms with van der Waals surface area (Å²) < 4.78 is 52.7. The minimum atomic E-state index is -4.01. The molecule has 0 fully saturated rings. The average Bonchev–Trinajstić information content (AvgIpc) is 2.89. The minimum absolute atomic E-state index is 0.0685. The smallest absolute Gasteiger partial charge is 0.262 e. The number of likely N-dealkylation sites (N-methyl/N-ethyl adjacent to an activating group) is 1. The summed E-state index contributed by atoms with van der Waals surface area (Å²) in [5.74, 6) is 1.74. The van der Waals surface area contributed by atoms with Crippen LogP contribution in [0.1, 0.15) is 23.1 Å². The van der Waals surface area contributed by atoms with Crippen LogP contribution < -0.4 is 23.7 Å². The van der Waals surface area contributed by atoms with E-state index in [9.17, 15) is 8.42 Å². The third kappa shape index (κ3) is 6.43. The standard InChI is InChI=1S/C27H32ClN3O6S/c1-18-21(28)8-5-9-24(18)38(32,33)30-25-26-20(7-6-13-36-26)16-29-27(25)37-17-19-10-11-22(34-4)23(15-19)35-14-12-31(2)3/h5,8-11,15-16,30H,6-7,12-14,17H2,1-4H3. The number of methoxy groups -OCH3 is 1.